The topological polar surface area (TPSA) is 61.5 Å². The van der Waals surface area contributed by atoms with Crippen molar-refractivity contribution in [3.05, 3.63) is 29.8 Å². The van der Waals surface area contributed by atoms with Gasteiger partial charge in [0, 0.05) is 11.6 Å². The number of nitrogens with two attached hydrogens (primary N) is 1. The number of ether oxygens (including phenoxy) is 2. The molecule has 0 saturated heterocycles. The number of hydrogen-bond acceptors (Lipinski definition) is 4. The third kappa shape index (κ3) is 3.96. The Kier molecular flexibility index (Phi) is 5.36. The Balaban J connectivity index is 2.81. The minimum absolute atomic E-state index is 0.0579. The van der Waals surface area contributed by atoms with Crippen LogP contribution in [0.2, 0.25) is 0 Å². The first kappa shape index (κ1) is 15.5. The average Bonchev–Trinajstić information content (AvgIpc) is 2.43. The van der Waals surface area contributed by atoms with Crippen molar-refractivity contribution in [2.45, 2.75) is 33.2 Å². The summed E-state index contributed by atoms with van der Waals surface area (Å²) < 4.78 is 10.5. The molecule has 4 nitrogen and oxygen atoms in total. The maximum atomic E-state index is 11.6. The quantitative estimate of drug-likeness (QED) is 0.803. The van der Waals surface area contributed by atoms with E-state index in [4.69, 9.17) is 15.2 Å². The van der Waals surface area contributed by atoms with Crippen LogP contribution in [0.3, 0.4) is 0 Å². The highest BCUT2D eigenvalue weighted by Gasteiger charge is 2.30. The number of benzene rings is 1. The number of carbonyl (C=O) groups excluding carboxylic acids is 1. The number of carbonyl (C=O) groups is 1. The molecule has 1 aromatic carbocycles. The molecule has 0 saturated carbocycles. The van der Waals surface area contributed by atoms with Gasteiger partial charge in [0.05, 0.1) is 12.5 Å². The van der Waals surface area contributed by atoms with E-state index >= 15 is 0 Å². The minimum atomic E-state index is -0.682. The molecule has 0 aliphatic carbocycles. The normalized spacial score (nSPS) is 12.9. The van der Waals surface area contributed by atoms with Gasteiger partial charge < -0.3 is 15.2 Å². The molecule has 1 atom stereocenters. The molecule has 0 unspecified atom stereocenters. The number of para-hydroxylation sites is 1. The van der Waals surface area contributed by atoms with Crippen molar-refractivity contribution in [1.29, 1.82) is 0 Å². The summed E-state index contributed by atoms with van der Waals surface area (Å²) in [4.78, 5) is 11.6. The molecular formula is C15H23NO3. The van der Waals surface area contributed by atoms with E-state index in [1.54, 1.807) is 13.8 Å². The van der Waals surface area contributed by atoms with Gasteiger partial charge in [-0.1, -0.05) is 25.1 Å². The first-order valence-corrected chi connectivity index (χ1v) is 6.48. The molecule has 0 radical (unpaired) electrons. The van der Waals surface area contributed by atoms with E-state index in [1.807, 2.05) is 31.2 Å². The molecule has 106 valence electrons. The van der Waals surface area contributed by atoms with Gasteiger partial charge in [-0.15, -0.1) is 0 Å². The second-order valence-corrected chi connectivity index (χ2v) is 5.22. The van der Waals surface area contributed by atoms with Crippen LogP contribution in [0, 0.1) is 5.41 Å². The van der Waals surface area contributed by atoms with Crippen molar-refractivity contribution < 1.29 is 14.3 Å². The van der Waals surface area contributed by atoms with Gasteiger partial charge in [-0.2, -0.15) is 0 Å². The van der Waals surface area contributed by atoms with E-state index in [-0.39, 0.29) is 18.6 Å². The number of methoxy groups -OCH3 is 1. The summed E-state index contributed by atoms with van der Waals surface area (Å²) in [6.45, 7) is 5.87. The van der Waals surface area contributed by atoms with Crippen molar-refractivity contribution in [2.24, 2.45) is 11.1 Å². The van der Waals surface area contributed by atoms with E-state index in [2.05, 4.69) is 0 Å². The summed E-state index contributed by atoms with van der Waals surface area (Å²) >= 11 is 0. The third-order valence-corrected chi connectivity index (χ3v) is 3.08. The Labute approximate surface area is 114 Å². The lowest BCUT2D eigenvalue weighted by Gasteiger charge is -2.23. The molecule has 0 fully saturated rings. The number of esters is 1. The molecule has 0 spiro atoms. The average molecular weight is 265 g/mol. The zero-order valence-corrected chi connectivity index (χ0v) is 12.1. The van der Waals surface area contributed by atoms with Crippen LogP contribution in [0.4, 0.5) is 0 Å². The molecular weight excluding hydrogens is 242 g/mol. The molecule has 0 aromatic heterocycles. The Morgan fingerprint density at radius 1 is 1.37 bits per heavy atom. The van der Waals surface area contributed by atoms with Crippen LogP contribution >= 0.6 is 0 Å². The lowest BCUT2D eigenvalue weighted by molar-refractivity contribution is -0.152. The number of rotatable bonds is 6. The van der Waals surface area contributed by atoms with Gasteiger partial charge in [-0.3, -0.25) is 4.79 Å². The number of hydrogen-bond donors (Lipinski definition) is 1. The third-order valence-electron chi connectivity index (χ3n) is 3.08. The molecule has 0 aliphatic heterocycles. The molecule has 4 heteroatoms. The highest BCUT2D eigenvalue weighted by molar-refractivity contribution is 5.75. The Bertz CT molecular complexity index is 429. The lowest BCUT2D eigenvalue weighted by atomic mass is 9.95. The van der Waals surface area contributed by atoms with Crippen molar-refractivity contribution in [1.82, 2.24) is 0 Å². The van der Waals surface area contributed by atoms with Crippen molar-refractivity contribution in [2.75, 3.05) is 13.7 Å². The second kappa shape index (κ2) is 6.57. The fourth-order valence-electron chi connectivity index (χ4n) is 1.73. The lowest BCUT2D eigenvalue weighted by Crippen LogP contribution is -2.32. The van der Waals surface area contributed by atoms with Crippen LogP contribution in [0.25, 0.3) is 0 Å². The fraction of sp³-hybridized carbons (Fsp3) is 0.533. The fourth-order valence-corrected chi connectivity index (χ4v) is 1.73. The molecule has 2 N–H and O–H groups in total. The summed E-state index contributed by atoms with van der Waals surface area (Å²) in [5, 5.41) is 0. The summed E-state index contributed by atoms with van der Waals surface area (Å²) in [5.41, 5.74) is 6.33. The Morgan fingerprint density at radius 2 is 2.00 bits per heavy atom. The van der Waals surface area contributed by atoms with Gasteiger partial charge in [0.25, 0.3) is 0 Å². The highest BCUT2D eigenvalue weighted by atomic mass is 16.5. The van der Waals surface area contributed by atoms with Gasteiger partial charge in [-0.05, 0) is 26.3 Å². The van der Waals surface area contributed by atoms with E-state index in [9.17, 15) is 4.79 Å². The van der Waals surface area contributed by atoms with E-state index in [1.165, 1.54) is 7.11 Å². The monoisotopic (exact) mass is 265 g/mol. The molecule has 0 aliphatic rings. The van der Waals surface area contributed by atoms with E-state index in [0.29, 0.717) is 0 Å². The van der Waals surface area contributed by atoms with Crippen molar-refractivity contribution in [3.8, 4) is 5.75 Å². The summed E-state index contributed by atoms with van der Waals surface area (Å²) in [7, 11) is 1.38. The van der Waals surface area contributed by atoms with Crippen LogP contribution in [0.5, 0.6) is 5.75 Å². The maximum absolute atomic E-state index is 11.6. The minimum Gasteiger partial charge on any atom is -0.492 e. The van der Waals surface area contributed by atoms with E-state index < -0.39 is 5.41 Å². The second-order valence-electron chi connectivity index (χ2n) is 5.22. The van der Waals surface area contributed by atoms with Crippen molar-refractivity contribution in [3.63, 3.8) is 0 Å². The predicted octanol–water partition coefficient (Wildman–Crippen LogP) is 2.67. The smallest absolute Gasteiger partial charge is 0.314 e. The Morgan fingerprint density at radius 3 is 2.58 bits per heavy atom. The van der Waals surface area contributed by atoms with Gasteiger partial charge >= 0.3 is 5.97 Å². The van der Waals surface area contributed by atoms with Crippen LogP contribution in [-0.2, 0) is 9.53 Å². The first-order chi connectivity index (χ1) is 8.92. The zero-order valence-electron chi connectivity index (χ0n) is 12.1. The molecule has 0 bridgehead atoms. The highest BCUT2D eigenvalue weighted by Crippen LogP contribution is 2.27. The molecule has 1 rings (SSSR count). The van der Waals surface area contributed by atoms with Crippen molar-refractivity contribution >= 4 is 5.97 Å². The summed E-state index contributed by atoms with van der Waals surface area (Å²) in [6.07, 6.45) is 0.834. The van der Waals surface area contributed by atoms with Gasteiger partial charge in [0.1, 0.15) is 12.4 Å². The van der Waals surface area contributed by atoms with Gasteiger partial charge in [0.2, 0.25) is 0 Å². The van der Waals surface area contributed by atoms with Crippen LogP contribution < -0.4 is 10.5 Å². The molecule has 19 heavy (non-hydrogen) atoms. The van der Waals surface area contributed by atoms with Crippen LogP contribution in [0.1, 0.15) is 38.8 Å². The molecule has 1 aromatic rings. The first-order valence-electron chi connectivity index (χ1n) is 6.48. The molecule has 0 heterocycles. The summed E-state index contributed by atoms with van der Waals surface area (Å²) in [5.74, 6) is 0.443. The standard InChI is InChI=1S/C15H23NO3/c1-5-12(16)11-8-6-7-9-13(11)19-10-15(2,3)14(17)18-4/h6-9,12H,5,10,16H2,1-4H3/t12-/m1/s1. The maximum Gasteiger partial charge on any atom is 0.314 e. The predicted molar refractivity (Wildman–Crippen MR) is 75.0 cm³/mol. The van der Waals surface area contributed by atoms with Gasteiger partial charge in [0.15, 0.2) is 0 Å². The largest absolute Gasteiger partial charge is 0.492 e. The van der Waals surface area contributed by atoms with E-state index in [0.717, 1.165) is 17.7 Å². The zero-order chi connectivity index (χ0) is 14.5. The van der Waals surface area contributed by atoms with Gasteiger partial charge in [-0.25, -0.2) is 0 Å². The van der Waals surface area contributed by atoms with Crippen LogP contribution in [-0.4, -0.2) is 19.7 Å². The summed E-state index contributed by atoms with van der Waals surface area (Å²) in [6, 6.07) is 7.60. The Hall–Kier alpha value is -1.55. The van der Waals surface area contributed by atoms with Crippen LogP contribution in [0.15, 0.2) is 24.3 Å². The SMILES string of the molecule is CC[C@@H](N)c1ccccc1OCC(C)(C)C(=O)OC. The molecule has 0 amide bonds.